The van der Waals surface area contributed by atoms with Crippen LogP contribution in [0.15, 0.2) is 40.5 Å². The molecule has 3 rings (SSSR count). The molecule has 1 amide bonds. The molecule has 1 aliphatic rings. The minimum Gasteiger partial charge on any atom is -0.462 e. The molecule has 0 aliphatic carbocycles. The van der Waals surface area contributed by atoms with E-state index in [0.29, 0.717) is 26.3 Å². The number of esters is 1. The van der Waals surface area contributed by atoms with Crippen molar-refractivity contribution >= 4 is 39.5 Å². The molecule has 13 heteroatoms. The van der Waals surface area contributed by atoms with Crippen LogP contribution >= 0.6 is 11.8 Å². The van der Waals surface area contributed by atoms with Crippen LogP contribution in [0.4, 0.5) is 5.82 Å². The first-order valence-electron chi connectivity index (χ1n) is 10.2. The smallest absolute Gasteiger partial charge is 0.343 e. The van der Waals surface area contributed by atoms with Crippen molar-refractivity contribution in [3.63, 3.8) is 0 Å². The second-order valence-corrected chi connectivity index (χ2v) is 9.78. The number of nitrogens with zero attached hydrogens (tertiary/aromatic N) is 3. The Bertz CT molecular complexity index is 1090. The number of nitrogens with two attached hydrogens (primary N) is 1. The van der Waals surface area contributed by atoms with Gasteiger partial charge in [-0.15, -0.1) is 0 Å². The average molecular weight is 496 g/mol. The minimum absolute atomic E-state index is 0.0153. The summed E-state index contributed by atoms with van der Waals surface area (Å²) < 4.78 is 36.8. The summed E-state index contributed by atoms with van der Waals surface area (Å²) in [5.74, 6) is -0.838. The van der Waals surface area contributed by atoms with Gasteiger partial charge in [-0.3, -0.25) is 4.79 Å². The van der Waals surface area contributed by atoms with Crippen LogP contribution in [0.5, 0.6) is 0 Å². The zero-order chi connectivity index (χ0) is 23.8. The third kappa shape index (κ3) is 6.63. The molecule has 1 aromatic heterocycles. The fourth-order valence-corrected chi connectivity index (χ4v) is 4.97. The summed E-state index contributed by atoms with van der Waals surface area (Å²) in [6, 6.07) is 6.39. The quantitative estimate of drug-likeness (QED) is 0.288. The number of sulfonamides is 1. The summed E-state index contributed by atoms with van der Waals surface area (Å²) in [6.45, 7) is 3.56. The number of ether oxygens (including phenoxy) is 2. The highest BCUT2D eigenvalue weighted by atomic mass is 32.2. The van der Waals surface area contributed by atoms with E-state index < -0.39 is 16.0 Å². The molecule has 0 unspecified atom stereocenters. The number of carbonyl (C=O) groups excluding carboxylic acids is 2. The number of carbonyl (C=O) groups is 2. The molecule has 1 aromatic carbocycles. The summed E-state index contributed by atoms with van der Waals surface area (Å²) in [4.78, 5) is 32.1. The normalized spacial score (nSPS) is 14.6. The molecule has 0 radical (unpaired) electrons. The topological polar surface area (TPSA) is 154 Å². The van der Waals surface area contributed by atoms with Crippen molar-refractivity contribution in [1.29, 1.82) is 0 Å². The zero-order valence-corrected chi connectivity index (χ0v) is 19.7. The van der Waals surface area contributed by atoms with E-state index in [0.717, 1.165) is 17.3 Å². The van der Waals surface area contributed by atoms with Crippen molar-refractivity contribution < 1.29 is 27.5 Å². The van der Waals surface area contributed by atoms with Crippen molar-refractivity contribution in [1.82, 2.24) is 19.6 Å². The number of nitrogens with one attached hydrogen (secondary N) is 1. The third-order valence-electron chi connectivity index (χ3n) is 4.64. The van der Waals surface area contributed by atoms with E-state index in [1.807, 2.05) is 0 Å². The summed E-state index contributed by atoms with van der Waals surface area (Å²) in [5.41, 5.74) is 6.60. The van der Waals surface area contributed by atoms with Crippen LogP contribution in [-0.4, -0.2) is 73.2 Å². The number of rotatable bonds is 9. The number of morpholine rings is 1. The molecule has 3 N–H and O–H groups in total. The highest BCUT2D eigenvalue weighted by Crippen LogP contribution is 2.19. The van der Waals surface area contributed by atoms with Crippen LogP contribution in [0.25, 0.3) is 0 Å². The van der Waals surface area contributed by atoms with Gasteiger partial charge in [-0.1, -0.05) is 23.9 Å². The van der Waals surface area contributed by atoms with E-state index in [1.165, 1.54) is 22.6 Å². The SMILES string of the molecule is CCOC(=O)c1cnc(SCC(=O)NCc2ccc(S(=O)(=O)N3CCOCC3)cc2)nc1N. The Labute approximate surface area is 196 Å². The van der Waals surface area contributed by atoms with Crippen LogP contribution < -0.4 is 11.1 Å². The number of hydrogen-bond donors (Lipinski definition) is 2. The second kappa shape index (κ2) is 11.4. The molecule has 0 spiro atoms. The number of amides is 1. The van der Waals surface area contributed by atoms with Crippen molar-refractivity contribution in [2.24, 2.45) is 0 Å². The maximum atomic E-state index is 12.7. The van der Waals surface area contributed by atoms with Crippen molar-refractivity contribution in [3.8, 4) is 0 Å². The lowest BCUT2D eigenvalue weighted by Crippen LogP contribution is -2.40. The van der Waals surface area contributed by atoms with Crippen LogP contribution in [-0.2, 0) is 30.8 Å². The van der Waals surface area contributed by atoms with Gasteiger partial charge in [0.25, 0.3) is 0 Å². The summed E-state index contributed by atoms with van der Waals surface area (Å²) in [6.07, 6.45) is 1.27. The molecule has 0 saturated carbocycles. The molecule has 2 aromatic rings. The van der Waals surface area contributed by atoms with E-state index in [2.05, 4.69) is 15.3 Å². The Balaban J connectivity index is 1.49. The van der Waals surface area contributed by atoms with Gasteiger partial charge < -0.3 is 20.5 Å². The average Bonchev–Trinajstić information content (AvgIpc) is 2.82. The minimum atomic E-state index is -3.56. The van der Waals surface area contributed by atoms with Crippen molar-refractivity contribution in [2.45, 2.75) is 23.5 Å². The van der Waals surface area contributed by atoms with Gasteiger partial charge in [-0.2, -0.15) is 4.31 Å². The first kappa shape index (κ1) is 24.9. The monoisotopic (exact) mass is 495 g/mol. The third-order valence-corrected chi connectivity index (χ3v) is 7.42. The number of hydrogen-bond acceptors (Lipinski definition) is 10. The molecule has 33 heavy (non-hydrogen) atoms. The van der Waals surface area contributed by atoms with E-state index in [1.54, 1.807) is 19.1 Å². The Morgan fingerprint density at radius 3 is 2.58 bits per heavy atom. The molecular weight excluding hydrogens is 470 g/mol. The Morgan fingerprint density at radius 1 is 1.24 bits per heavy atom. The Morgan fingerprint density at radius 2 is 1.94 bits per heavy atom. The zero-order valence-electron chi connectivity index (χ0n) is 18.0. The van der Waals surface area contributed by atoms with Gasteiger partial charge in [0.05, 0.1) is 30.5 Å². The fraction of sp³-hybridized carbons (Fsp3) is 0.400. The van der Waals surface area contributed by atoms with Crippen molar-refractivity contribution in [3.05, 3.63) is 41.6 Å². The van der Waals surface area contributed by atoms with Gasteiger partial charge >= 0.3 is 5.97 Å². The van der Waals surface area contributed by atoms with Gasteiger partial charge in [0.15, 0.2) is 5.16 Å². The number of nitrogen functional groups attached to an aromatic ring is 1. The lowest BCUT2D eigenvalue weighted by Gasteiger charge is -2.26. The molecule has 0 atom stereocenters. The molecule has 0 bridgehead atoms. The summed E-state index contributed by atoms with van der Waals surface area (Å²) in [7, 11) is -3.56. The molecule has 2 heterocycles. The Hall–Kier alpha value is -2.74. The number of aromatic nitrogens is 2. The first-order valence-corrected chi connectivity index (χ1v) is 12.6. The standard InChI is InChI=1S/C20H25N5O6S2/c1-2-31-19(27)16-12-23-20(24-18(16)21)32-13-17(26)22-11-14-3-5-15(6-4-14)33(28,29)25-7-9-30-10-8-25/h3-6,12H,2,7-11,13H2,1H3,(H,22,26)(H2,21,23,24). The van der Waals surface area contributed by atoms with E-state index >= 15 is 0 Å². The molecule has 1 fully saturated rings. The summed E-state index contributed by atoms with van der Waals surface area (Å²) in [5, 5.41) is 3.01. The van der Waals surface area contributed by atoms with E-state index in [4.69, 9.17) is 15.2 Å². The van der Waals surface area contributed by atoms with Crippen molar-refractivity contribution in [2.75, 3.05) is 44.4 Å². The van der Waals surface area contributed by atoms with Gasteiger partial charge in [-0.25, -0.2) is 23.2 Å². The maximum absolute atomic E-state index is 12.7. The maximum Gasteiger partial charge on any atom is 0.343 e. The lowest BCUT2D eigenvalue weighted by atomic mass is 10.2. The van der Waals surface area contributed by atoms with Crippen LogP contribution in [0.1, 0.15) is 22.8 Å². The number of benzene rings is 1. The lowest BCUT2D eigenvalue weighted by molar-refractivity contribution is -0.118. The molecular formula is C20H25N5O6S2. The predicted octanol–water partition coefficient (Wildman–Crippen LogP) is 0.665. The largest absolute Gasteiger partial charge is 0.462 e. The first-order chi connectivity index (χ1) is 15.8. The van der Waals surface area contributed by atoms with E-state index in [9.17, 15) is 18.0 Å². The second-order valence-electron chi connectivity index (χ2n) is 6.90. The Kier molecular flexibility index (Phi) is 8.61. The number of anilines is 1. The molecule has 1 saturated heterocycles. The number of thioether (sulfide) groups is 1. The van der Waals surface area contributed by atoms with Gasteiger partial charge in [0, 0.05) is 25.8 Å². The highest BCUT2D eigenvalue weighted by molar-refractivity contribution is 7.99. The van der Waals surface area contributed by atoms with E-state index in [-0.39, 0.29) is 46.2 Å². The molecule has 1 aliphatic heterocycles. The van der Waals surface area contributed by atoms with Gasteiger partial charge in [-0.05, 0) is 24.6 Å². The molecule has 11 nitrogen and oxygen atoms in total. The van der Waals surface area contributed by atoms with Crippen LogP contribution in [0.2, 0.25) is 0 Å². The summed E-state index contributed by atoms with van der Waals surface area (Å²) >= 11 is 1.07. The van der Waals surface area contributed by atoms with Gasteiger partial charge in [0.1, 0.15) is 11.4 Å². The van der Waals surface area contributed by atoms with Crippen LogP contribution in [0.3, 0.4) is 0 Å². The van der Waals surface area contributed by atoms with Gasteiger partial charge in [0.2, 0.25) is 15.9 Å². The highest BCUT2D eigenvalue weighted by Gasteiger charge is 2.26. The van der Waals surface area contributed by atoms with Crippen LogP contribution in [0, 0.1) is 0 Å². The predicted molar refractivity (Wildman–Crippen MR) is 121 cm³/mol. The fourth-order valence-electron chi connectivity index (χ4n) is 2.91. The molecule has 178 valence electrons.